The Morgan fingerprint density at radius 1 is 1.50 bits per heavy atom. The Morgan fingerprint density at radius 2 is 2.23 bits per heavy atom. The van der Waals surface area contributed by atoms with Gasteiger partial charge in [0.1, 0.15) is 0 Å². The maximum Gasteiger partial charge on any atom is 0.238 e. The molecule has 1 fully saturated rings. The molecule has 1 saturated heterocycles. The SMILES string of the molecule is COc1ccc(C(C)NC(=O)C2NCCCC2(C)C)cc1F. The van der Waals surface area contributed by atoms with E-state index in [9.17, 15) is 9.18 Å². The number of halogens is 1. The van der Waals surface area contributed by atoms with Crippen LogP contribution in [0, 0.1) is 11.2 Å². The normalized spacial score (nSPS) is 22.0. The Balaban J connectivity index is 2.06. The van der Waals surface area contributed by atoms with Crippen molar-refractivity contribution in [3.8, 4) is 5.75 Å². The van der Waals surface area contributed by atoms with Gasteiger partial charge in [0.05, 0.1) is 19.2 Å². The third-order valence-corrected chi connectivity index (χ3v) is 4.42. The molecule has 1 amide bonds. The summed E-state index contributed by atoms with van der Waals surface area (Å²) in [6.07, 6.45) is 2.10. The summed E-state index contributed by atoms with van der Waals surface area (Å²) in [5, 5.41) is 6.27. The van der Waals surface area contributed by atoms with E-state index in [1.54, 1.807) is 12.1 Å². The highest BCUT2D eigenvalue weighted by Crippen LogP contribution is 2.30. The van der Waals surface area contributed by atoms with Crippen LogP contribution in [0.25, 0.3) is 0 Å². The minimum absolute atomic E-state index is 0.0339. The zero-order valence-electron chi connectivity index (χ0n) is 13.7. The van der Waals surface area contributed by atoms with E-state index in [-0.39, 0.29) is 29.2 Å². The topological polar surface area (TPSA) is 50.4 Å². The van der Waals surface area contributed by atoms with Crippen molar-refractivity contribution < 1.29 is 13.9 Å². The second-order valence-electron chi connectivity index (χ2n) is 6.60. The Bertz CT molecular complexity index is 545. The van der Waals surface area contributed by atoms with Gasteiger partial charge in [0.25, 0.3) is 0 Å². The summed E-state index contributed by atoms with van der Waals surface area (Å²) >= 11 is 0. The molecule has 1 aromatic carbocycles. The second-order valence-corrected chi connectivity index (χ2v) is 6.60. The standard InChI is InChI=1S/C17H25FN2O2/c1-11(12-6-7-14(22-4)13(18)10-12)20-16(21)15-17(2,3)8-5-9-19-15/h6-7,10-11,15,19H,5,8-9H2,1-4H3,(H,20,21). The number of benzene rings is 1. The van der Waals surface area contributed by atoms with Crippen LogP contribution in [0.15, 0.2) is 18.2 Å². The predicted octanol–water partition coefficient (Wildman–Crippen LogP) is 2.79. The maximum atomic E-state index is 13.8. The summed E-state index contributed by atoms with van der Waals surface area (Å²) in [6.45, 7) is 6.91. The number of ether oxygens (including phenoxy) is 1. The largest absolute Gasteiger partial charge is 0.494 e. The van der Waals surface area contributed by atoms with Crippen LogP contribution < -0.4 is 15.4 Å². The Hall–Kier alpha value is -1.62. The van der Waals surface area contributed by atoms with Crippen molar-refractivity contribution in [2.75, 3.05) is 13.7 Å². The number of amides is 1. The summed E-state index contributed by atoms with van der Waals surface area (Å²) in [5.74, 6) is -0.247. The molecule has 0 bridgehead atoms. The molecule has 0 spiro atoms. The molecule has 1 aliphatic heterocycles. The van der Waals surface area contributed by atoms with Crippen molar-refractivity contribution in [1.29, 1.82) is 0 Å². The number of rotatable bonds is 4. The highest BCUT2D eigenvalue weighted by Gasteiger charge is 2.37. The molecule has 2 N–H and O–H groups in total. The predicted molar refractivity (Wildman–Crippen MR) is 84.3 cm³/mol. The zero-order valence-corrected chi connectivity index (χ0v) is 13.7. The zero-order chi connectivity index (χ0) is 16.3. The van der Waals surface area contributed by atoms with E-state index in [0.29, 0.717) is 0 Å². The van der Waals surface area contributed by atoms with E-state index in [1.807, 2.05) is 6.92 Å². The minimum Gasteiger partial charge on any atom is -0.494 e. The second kappa shape index (κ2) is 6.65. The molecule has 0 radical (unpaired) electrons. The van der Waals surface area contributed by atoms with E-state index in [4.69, 9.17) is 4.74 Å². The molecule has 1 aromatic rings. The fourth-order valence-electron chi connectivity index (χ4n) is 2.99. The van der Waals surface area contributed by atoms with Crippen LogP contribution in [0.3, 0.4) is 0 Å². The average molecular weight is 308 g/mol. The van der Waals surface area contributed by atoms with E-state index in [0.717, 1.165) is 24.9 Å². The Morgan fingerprint density at radius 3 is 2.82 bits per heavy atom. The molecule has 5 heteroatoms. The number of hydrogen-bond acceptors (Lipinski definition) is 3. The number of carbonyl (C=O) groups excluding carboxylic acids is 1. The monoisotopic (exact) mass is 308 g/mol. The number of piperidine rings is 1. The molecule has 0 aromatic heterocycles. The molecule has 1 aliphatic rings. The molecule has 4 nitrogen and oxygen atoms in total. The summed E-state index contributed by atoms with van der Waals surface area (Å²) < 4.78 is 18.7. The molecule has 2 rings (SSSR count). The number of nitrogens with one attached hydrogen (secondary N) is 2. The van der Waals surface area contributed by atoms with Gasteiger partial charge in [-0.3, -0.25) is 4.79 Å². The van der Waals surface area contributed by atoms with Crippen LogP contribution in [0.1, 0.15) is 45.2 Å². The van der Waals surface area contributed by atoms with Gasteiger partial charge in [-0.05, 0) is 49.4 Å². The van der Waals surface area contributed by atoms with Crippen molar-refractivity contribution >= 4 is 5.91 Å². The molecule has 2 atom stereocenters. The van der Waals surface area contributed by atoms with Crippen LogP contribution in [-0.4, -0.2) is 25.6 Å². The van der Waals surface area contributed by atoms with Crippen LogP contribution >= 0.6 is 0 Å². The molecular formula is C17H25FN2O2. The van der Waals surface area contributed by atoms with Crippen molar-refractivity contribution in [3.05, 3.63) is 29.6 Å². The Kier molecular flexibility index (Phi) is 5.06. The molecule has 22 heavy (non-hydrogen) atoms. The van der Waals surface area contributed by atoms with Crippen LogP contribution in [0.4, 0.5) is 4.39 Å². The molecule has 122 valence electrons. The first kappa shape index (κ1) is 16.7. The highest BCUT2D eigenvalue weighted by molar-refractivity contribution is 5.83. The lowest BCUT2D eigenvalue weighted by molar-refractivity contribution is -0.127. The van der Waals surface area contributed by atoms with Gasteiger partial charge >= 0.3 is 0 Å². The van der Waals surface area contributed by atoms with Crippen molar-refractivity contribution in [2.45, 2.75) is 45.7 Å². The maximum absolute atomic E-state index is 13.8. The van der Waals surface area contributed by atoms with Crippen molar-refractivity contribution in [2.24, 2.45) is 5.41 Å². The smallest absolute Gasteiger partial charge is 0.238 e. The number of hydrogen-bond donors (Lipinski definition) is 2. The van der Waals surface area contributed by atoms with E-state index < -0.39 is 5.82 Å². The fourth-order valence-corrected chi connectivity index (χ4v) is 2.99. The summed E-state index contributed by atoms with van der Waals surface area (Å²) in [4.78, 5) is 12.5. The lowest BCUT2D eigenvalue weighted by Gasteiger charge is -2.38. The van der Waals surface area contributed by atoms with Gasteiger partial charge in [-0.25, -0.2) is 4.39 Å². The van der Waals surface area contributed by atoms with Gasteiger partial charge in [0, 0.05) is 0 Å². The van der Waals surface area contributed by atoms with Gasteiger partial charge in [-0.15, -0.1) is 0 Å². The van der Waals surface area contributed by atoms with Gasteiger partial charge in [0.15, 0.2) is 11.6 Å². The first-order valence-corrected chi connectivity index (χ1v) is 7.72. The molecule has 0 aliphatic carbocycles. The van der Waals surface area contributed by atoms with Gasteiger partial charge in [0.2, 0.25) is 5.91 Å². The lowest BCUT2D eigenvalue weighted by Crippen LogP contribution is -2.55. The minimum atomic E-state index is -0.419. The summed E-state index contributed by atoms with van der Waals surface area (Å²) in [7, 11) is 1.43. The first-order chi connectivity index (χ1) is 10.3. The van der Waals surface area contributed by atoms with Gasteiger partial charge in [-0.1, -0.05) is 19.9 Å². The molecular weight excluding hydrogens is 283 g/mol. The van der Waals surface area contributed by atoms with Crippen LogP contribution in [0.2, 0.25) is 0 Å². The highest BCUT2D eigenvalue weighted by atomic mass is 19.1. The van der Waals surface area contributed by atoms with E-state index in [2.05, 4.69) is 24.5 Å². The molecule has 0 saturated carbocycles. The third kappa shape index (κ3) is 3.58. The van der Waals surface area contributed by atoms with Gasteiger partial charge in [-0.2, -0.15) is 0 Å². The first-order valence-electron chi connectivity index (χ1n) is 7.72. The van der Waals surface area contributed by atoms with E-state index >= 15 is 0 Å². The molecule has 2 unspecified atom stereocenters. The van der Waals surface area contributed by atoms with Crippen molar-refractivity contribution in [1.82, 2.24) is 10.6 Å². The van der Waals surface area contributed by atoms with Gasteiger partial charge < -0.3 is 15.4 Å². The molecule has 1 heterocycles. The van der Waals surface area contributed by atoms with Crippen LogP contribution in [-0.2, 0) is 4.79 Å². The van der Waals surface area contributed by atoms with Crippen LogP contribution in [0.5, 0.6) is 5.75 Å². The van der Waals surface area contributed by atoms with E-state index in [1.165, 1.54) is 13.2 Å². The average Bonchev–Trinajstić information content (AvgIpc) is 2.46. The quantitative estimate of drug-likeness (QED) is 0.899. The lowest BCUT2D eigenvalue weighted by atomic mass is 9.77. The Labute approximate surface area is 131 Å². The number of carbonyl (C=O) groups is 1. The summed E-state index contributed by atoms with van der Waals surface area (Å²) in [6, 6.07) is 4.28. The fraction of sp³-hybridized carbons (Fsp3) is 0.588. The third-order valence-electron chi connectivity index (χ3n) is 4.42. The summed E-state index contributed by atoms with van der Waals surface area (Å²) in [5.41, 5.74) is 0.646. The number of methoxy groups -OCH3 is 1. The van der Waals surface area contributed by atoms with Crippen molar-refractivity contribution in [3.63, 3.8) is 0 Å².